The second-order valence-corrected chi connectivity index (χ2v) is 10.5. The maximum Gasteiger partial charge on any atom is 0.160 e. The van der Waals surface area contributed by atoms with Crippen LogP contribution in [0.3, 0.4) is 0 Å². The van der Waals surface area contributed by atoms with Gasteiger partial charge in [-0.15, -0.1) is 0 Å². The van der Waals surface area contributed by atoms with Crippen LogP contribution < -0.4 is 0 Å². The maximum atomic E-state index is 13.7. The second-order valence-electron chi connectivity index (χ2n) is 10.5. The predicted octanol–water partition coefficient (Wildman–Crippen LogP) is 4.62. The van der Waals surface area contributed by atoms with Gasteiger partial charge in [-0.25, -0.2) is 0 Å². The Labute approximate surface area is 175 Å². The Morgan fingerprint density at radius 3 is 1.31 bits per heavy atom. The smallest absolute Gasteiger partial charge is 0.160 e. The average Bonchev–Trinajstić information content (AvgIpc) is 2.80. The fourth-order valence-corrected chi connectivity index (χ4v) is 6.61. The average molecular weight is 407 g/mol. The minimum Gasteiger partial charge on any atom is -0.351 e. The third-order valence-corrected chi connectivity index (χ3v) is 8.44. The van der Waals surface area contributed by atoms with Crippen molar-refractivity contribution in [3.63, 3.8) is 0 Å². The van der Waals surface area contributed by atoms with E-state index in [0.29, 0.717) is 38.3 Å². The SMILES string of the molecule is O=C1C2(CCCC13COC(C1CCCCC1)OC3)COC(C1CCCCC1)OC2. The third kappa shape index (κ3) is 3.93. The van der Waals surface area contributed by atoms with E-state index in [2.05, 4.69) is 0 Å². The number of Topliss-reactive ketones (excluding diaryl/α,β-unsaturated/α-hetero) is 1. The lowest BCUT2D eigenvalue weighted by Crippen LogP contribution is -2.60. The van der Waals surface area contributed by atoms with Crippen molar-refractivity contribution in [2.24, 2.45) is 22.7 Å². The van der Waals surface area contributed by atoms with Gasteiger partial charge in [0, 0.05) is 11.8 Å². The fourth-order valence-electron chi connectivity index (χ4n) is 6.61. The highest BCUT2D eigenvalue weighted by molar-refractivity contribution is 5.92. The molecule has 2 heterocycles. The molecule has 5 aliphatic rings. The lowest BCUT2D eigenvalue weighted by molar-refractivity contribution is -0.275. The van der Waals surface area contributed by atoms with Crippen molar-refractivity contribution in [3.05, 3.63) is 0 Å². The molecule has 3 saturated carbocycles. The monoisotopic (exact) mass is 406 g/mol. The van der Waals surface area contributed by atoms with Crippen LogP contribution in [-0.2, 0) is 23.7 Å². The van der Waals surface area contributed by atoms with Gasteiger partial charge in [-0.3, -0.25) is 4.79 Å². The summed E-state index contributed by atoms with van der Waals surface area (Å²) in [6.07, 6.45) is 15.1. The molecule has 3 aliphatic carbocycles. The molecule has 2 saturated heterocycles. The molecule has 5 heteroatoms. The van der Waals surface area contributed by atoms with Gasteiger partial charge in [-0.2, -0.15) is 0 Å². The number of hydrogen-bond acceptors (Lipinski definition) is 5. The van der Waals surface area contributed by atoms with Gasteiger partial charge < -0.3 is 18.9 Å². The molecule has 5 rings (SSSR count). The zero-order valence-electron chi connectivity index (χ0n) is 17.9. The van der Waals surface area contributed by atoms with Crippen molar-refractivity contribution in [2.75, 3.05) is 26.4 Å². The van der Waals surface area contributed by atoms with E-state index in [-0.39, 0.29) is 18.4 Å². The molecular formula is C24H38O5. The standard InChI is InChI=1S/C24H38O5/c25-22-23(14-26-20(27-15-23)18-8-3-1-4-9-18)12-7-13-24(22)16-28-21(29-17-24)19-10-5-2-6-11-19/h18-21H,1-17H2. The van der Waals surface area contributed by atoms with Crippen LogP contribution in [0.25, 0.3) is 0 Å². The van der Waals surface area contributed by atoms with E-state index in [1.165, 1.54) is 64.2 Å². The van der Waals surface area contributed by atoms with Crippen LogP contribution in [0.4, 0.5) is 0 Å². The molecule has 0 aromatic rings. The predicted molar refractivity (Wildman–Crippen MR) is 108 cm³/mol. The van der Waals surface area contributed by atoms with Crippen LogP contribution in [0.1, 0.15) is 83.5 Å². The van der Waals surface area contributed by atoms with Gasteiger partial charge in [0.2, 0.25) is 0 Å². The van der Waals surface area contributed by atoms with E-state index in [9.17, 15) is 4.79 Å². The van der Waals surface area contributed by atoms with Gasteiger partial charge in [0.15, 0.2) is 18.4 Å². The van der Waals surface area contributed by atoms with Gasteiger partial charge in [-0.1, -0.05) is 44.9 Å². The van der Waals surface area contributed by atoms with Crippen molar-refractivity contribution in [2.45, 2.75) is 96.1 Å². The molecular weight excluding hydrogens is 368 g/mol. The Hall–Kier alpha value is -0.490. The minimum absolute atomic E-state index is 0.110. The van der Waals surface area contributed by atoms with E-state index in [1.54, 1.807) is 0 Å². The first kappa shape index (κ1) is 20.4. The van der Waals surface area contributed by atoms with Crippen LogP contribution in [0, 0.1) is 22.7 Å². The summed E-state index contributed by atoms with van der Waals surface area (Å²) in [5.74, 6) is 1.29. The molecule has 0 amide bonds. The first-order valence-electron chi connectivity index (χ1n) is 12.2. The van der Waals surface area contributed by atoms with Crippen molar-refractivity contribution in [1.29, 1.82) is 0 Å². The lowest BCUT2D eigenvalue weighted by atomic mass is 9.61. The largest absolute Gasteiger partial charge is 0.351 e. The normalized spacial score (nSPS) is 43.1. The summed E-state index contributed by atoms with van der Waals surface area (Å²) in [5.41, 5.74) is -0.985. The summed E-state index contributed by atoms with van der Waals surface area (Å²) in [6, 6.07) is 0. The fraction of sp³-hybridized carbons (Fsp3) is 0.958. The quantitative estimate of drug-likeness (QED) is 0.670. The zero-order chi connectivity index (χ0) is 19.7. The third-order valence-electron chi connectivity index (χ3n) is 8.44. The van der Waals surface area contributed by atoms with E-state index < -0.39 is 10.8 Å². The highest BCUT2D eigenvalue weighted by atomic mass is 16.7. The molecule has 0 bridgehead atoms. The number of hydrogen-bond donors (Lipinski definition) is 0. The van der Waals surface area contributed by atoms with Crippen LogP contribution >= 0.6 is 0 Å². The zero-order valence-corrected chi connectivity index (χ0v) is 17.9. The summed E-state index contributed by atoms with van der Waals surface area (Å²) in [6.45, 7) is 2.06. The number of ketones is 1. The van der Waals surface area contributed by atoms with Crippen LogP contribution in [-0.4, -0.2) is 44.8 Å². The molecule has 2 spiro atoms. The molecule has 29 heavy (non-hydrogen) atoms. The van der Waals surface area contributed by atoms with E-state index in [4.69, 9.17) is 18.9 Å². The minimum atomic E-state index is -0.492. The summed E-state index contributed by atoms with van der Waals surface area (Å²) in [4.78, 5) is 13.7. The van der Waals surface area contributed by atoms with Gasteiger partial charge in [0.1, 0.15) is 0 Å². The van der Waals surface area contributed by atoms with Gasteiger partial charge >= 0.3 is 0 Å². The van der Waals surface area contributed by atoms with Crippen LogP contribution in [0.5, 0.6) is 0 Å². The van der Waals surface area contributed by atoms with Crippen molar-refractivity contribution >= 4 is 5.78 Å². The van der Waals surface area contributed by atoms with Crippen molar-refractivity contribution < 1.29 is 23.7 Å². The molecule has 0 aromatic heterocycles. The Bertz CT molecular complexity index is 514. The molecule has 0 unspecified atom stereocenters. The number of rotatable bonds is 2. The van der Waals surface area contributed by atoms with Crippen molar-refractivity contribution in [3.8, 4) is 0 Å². The molecule has 2 aliphatic heterocycles. The number of ether oxygens (including phenoxy) is 4. The van der Waals surface area contributed by atoms with Gasteiger partial charge in [-0.05, 0) is 38.5 Å². The molecule has 0 radical (unpaired) electrons. The number of carbonyl (C=O) groups excluding carboxylic acids is 1. The lowest BCUT2D eigenvalue weighted by Gasteiger charge is -2.51. The van der Waals surface area contributed by atoms with Crippen LogP contribution in [0.15, 0.2) is 0 Å². The Morgan fingerprint density at radius 2 is 0.931 bits per heavy atom. The van der Waals surface area contributed by atoms with Gasteiger partial charge in [0.05, 0.1) is 37.3 Å². The first-order valence-corrected chi connectivity index (χ1v) is 12.2. The van der Waals surface area contributed by atoms with Gasteiger partial charge in [0.25, 0.3) is 0 Å². The first-order chi connectivity index (χ1) is 14.2. The maximum absolute atomic E-state index is 13.7. The van der Waals surface area contributed by atoms with E-state index >= 15 is 0 Å². The Kier molecular flexibility index (Phi) is 6.03. The molecule has 0 N–H and O–H groups in total. The summed E-state index contributed by atoms with van der Waals surface area (Å²) < 4.78 is 24.8. The van der Waals surface area contributed by atoms with E-state index in [0.717, 1.165) is 19.3 Å². The molecule has 0 atom stereocenters. The van der Waals surface area contributed by atoms with Crippen molar-refractivity contribution in [1.82, 2.24) is 0 Å². The number of carbonyl (C=O) groups is 1. The summed E-state index contributed by atoms with van der Waals surface area (Å²) >= 11 is 0. The summed E-state index contributed by atoms with van der Waals surface area (Å²) in [7, 11) is 0. The molecule has 5 fully saturated rings. The van der Waals surface area contributed by atoms with E-state index in [1.807, 2.05) is 0 Å². The summed E-state index contributed by atoms with van der Waals surface area (Å²) in [5, 5.41) is 0. The molecule has 0 aromatic carbocycles. The highest BCUT2D eigenvalue weighted by Gasteiger charge is 2.57. The Morgan fingerprint density at radius 1 is 0.552 bits per heavy atom. The Balaban J connectivity index is 1.21. The molecule has 5 nitrogen and oxygen atoms in total. The topological polar surface area (TPSA) is 54.0 Å². The highest BCUT2D eigenvalue weighted by Crippen LogP contribution is 2.49. The van der Waals surface area contributed by atoms with Crippen LogP contribution in [0.2, 0.25) is 0 Å². The second kappa shape index (κ2) is 8.57. The molecule has 164 valence electrons.